The highest BCUT2D eigenvalue weighted by atomic mass is 16.2. The van der Waals surface area contributed by atoms with Crippen molar-refractivity contribution in [1.82, 2.24) is 10.2 Å². The van der Waals surface area contributed by atoms with E-state index >= 15 is 0 Å². The maximum Gasteiger partial charge on any atom is 0.238 e. The Hall–Kier alpha value is -2.21. The molecule has 0 saturated heterocycles. The second-order valence-electron chi connectivity index (χ2n) is 5.58. The molecule has 0 unspecified atom stereocenters. The summed E-state index contributed by atoms with van der Waals surface area (Å²) in [5, 5.41) is 5.50. The topological polar surface area (TPSA) is 78.5 Å². The second-order valence-corrected chi connectivity index (χ2v) is 5.58. The first-order valence-electron chi connectivity index (χ1n) is 7.16. The molecule has 0 bridgehead atoms. The van der Waals surface area contributed by atoms with Gasteiger partial charge in [0.15, 0.2) is 5.78 Å². The van der Waals surface area contributed by atoms with Gasteiger partial charge in [0.05, 0.1) is 13.1 Å². The Balaban J connectivity index is 2.45. The molecular formula is C16H23N3O3. The lowest BCUT2D eigenvalue weighted by molar-refractivity contribution is -0.123. The predicted molar refractivity (Wildman–Crippen MR) is 85.9 cm³/mol. The monoisotopic (exact) mass is 305 g/mol. The van der Waals surface area contributed by atoms with Gasteiger partial charge in [0.2, 0.25) is 11.8 Å². The summed E-state index contributed by atoms with van der Waals surface area (Å²) in [6, 6.07) is 6.77. The molecule has 0 spiro atoms. The van der Waals surface area contributed by atoms with E-state index < -0.39 is 0 Å². The summed E-state index contributed by atoms with van der Waals surface area (Å²) in [7, 11) is 1.71. The molecule has 0 heterocycles. The molecule has 0 aromatic heterocycles. The average Bonchev–Trinajstić information content (AvgIpc) is 2.37. The number of ketones is 1. The summed E-state index contributed by atoms with van der Waals surface area (Å²) in [5.74, 6) is -0.347. The van der Waals surface area contributed by atoms with Gasteiger partial charge in [-0.15, -0.1) is 0 Å². The van der Waals surface area contributed by atoms with Gasteiger partial charge in [-0.1, -0.05) is 0 Å². The molecule has 1 aromatic rings. The number of likely N-dealkylation sites (N-methyl/N-ethyl adjacent to an activating group) is 1. The van der Waals surface area contributed by atoms with Gasteiger partial charge in [-0.05, 0) is 52.1 Å². The Morgan fingerprint density at radius 1 is 1.05 bits per heavy atom. The SMILES string of the molecule is CC(=O)c1ccc(NC(=O)CN(C)CC(=O)NC(C)C)cc1. The number of amides is 2. The van der Waals surface area contributed by atoms with Crippen LogP contribution < -0.4 is 10.6 Å². The summed E-state index contributed by atoms with van der Waals surface area (Å²) >= 11 is 0. The first kappa shape index (κ1) is 17.8. The van der Waals surface area contributed by atoms with E-state index in [9.17, 15) is 14.4 Å². The lowest BCUT2D eigenvalue weighted by atomic mass is 10.1. The Morgan fingerprint density at radius 2 is 1.59 bits per heavy atom. The number of carbonyl (C=O) groups excluding carboxylic acids is 3. The zero-order valence-corrected chi connectivity index (χ0v) is 13.5. The van der Waals surface area contributed by atoms with E-state index in [0.29, 0.717) is 11.3 Å². The van der Waals surface area contributed by atoms with Crippen LogP contribution in [0.1, 0.15) is 31.1 Å². The third-order valence-corrected chi connectivity index (χ3v) is 2.85. The van der Waals surface area contributed by atoms with Gasteiger partial charge in [-0.25, -0.2) is 0 Å². The van der Waals surface area contributed by atoms with Gasteiger partial charge >= 0.3 is 0 Å². The van der Waals surface area contributed by atoms with E-state index in [1.54, 1.807) is 36.2 Å². The summed E-state index contributed by atoms with van der Waals surface area (Å²) in [5.41, 5.74) is 1.22. The molecule has 6 heteroatoms. The van der Waals surface area contributed by atoms with Crippen LogP contribution in [0.5, 0.6) is 0 Å². The fourth-order valence-corrected chi connectivity index (χ4v) is 1.90. The molecule has 0 atom stereocenters. The van der Waals surface area contributed by atoms with Crippen molar-refractivity contribution in [2.75, 3.05) is 25.5 Å². The molecule has 120 valence electrons. The molecule has 2 N–H and O–H groups in total. The summed E-state index contributed by atoms with van der Waals surface area (Å²) in [4.78, 5) is 36.3. The van der Waals surface area contributed by atoms with E-state index in [-0.39, 0.29) is 36.7 Å². The number of carbonyl (C=O) groups is 3. The van der Waals surface area contributed by atoms with Crippen LogP contribution in [0.15, 0.2) is 24.3 Å². The largest absolute Gasteiger partial charge is 0.353 e. The Labute approximate surface area is 130 Å². The van der Waals surface area contributed by atoms with Crippen LogP contribution in [0.3, 0.4) is 0 Å². The number of hydrogen-bond acceptors (Lipinski definition) is 4. The van der Waals surface area contributed by atoms with Gasteiger partial charge < -0.3 is 10.6 Å². The van der Waals surface area contributed by atoms with Crippen molar-refractivity contribution in [2.45, 2.75) is 26.8 Å². The van der Waals surface area contributed by atoms with Crippen molar-refractivity contribution in [3.05, 3.63) is 29.8 Å². The molecule has 0 radical (unpaired) electrons. The van der Waals surface area contributed by atoms with Crippen LogP contribution in [0, 0.1) is 0 Å². The maximum atomic E-state index is 11.9. The van der Waals surface area contributed by atoms with Crippen LogP contribution >= 0.6 is 0 Å². The minimum atomic E-state index is -0.213. The van der Waals surface area contributed by atoms with E-state index in [1.165, 1.54) is 6.92 Å². The first-order chi connectivity index (χ1) is 10.3. The molecule has 2 amide bonds. The minimum absolute atomic E-state index is 0.0197. The van der Waals surface area contributed by atoms with Gasteiger partial charge in [0.1, 0.15) is 0 Å². The highest BCUT2D eigenvalue weighted by molar-refractivity contribution is 5.96. The van der Waals surface area contributed by atoms with E-state index in [0.717, 1.165) is 0 Å². The van der Waals surface area contributed by atoms with E-state index in [2.05, 4.69) is 10.6 Å². The van der Waals surface area contributed by atoms with Crippen molar-refractivity contribution < 1.29 is 14.4 Å². The van der Waals surface area contributed by atoms with E-state index in [1.807, 2.05) is 13.8 Å². The van der Waals surface area contributed by atoms with Crippen LogP contribution in [-0.4, -0.2) is 48.7 Å². The number of rotatable bonds is 7. The fraction of sp³-hybridized carbons (Fsp3) is 0.438. The maximum absolute atomic E-state index is 11.9. The lowest BCUT2D eigenvalue weighted by Crippen LogP contribution is -2.41. The average molecular weight is 305 g/mol. The molecular weight excluding hydrogens is 282 g/mol. The number of nitrogens with one attached hydrogen (secondary N) is 2. The number of anilines is 1. The van der Waals surface area contributed by atoms with Crippen molar-refractivity contribution in [3.63, 3.8) is 0 Å². The Bertz CT molecular complexity index is 538. The molecule has 0 fully saturated rings. The summed E-state index contributed by atoms with van der Waals surface area (Å²) in [6.45, 7) is 5.53. The Morgan fingerprint density at radius 3 is 2.09 bits per heavy atom. The quantitative estimate of drug-likeness (QED) is 0.744. The molecule has 0 saturated carbocycles. The van der Waals surface area contributed by atoms with Gasteiger partial charge in [-0.2, -0.15) is 0 Å². The van der Waals surface area contributed by atoms with Crippen LogP contribution in [0.4, 0.5) is 5.69 Å². The summed E-state index contributed by atoms with van der Waals surface area (Å²) < 4.78 is 0. The molecule has 0 aliphatic rings. The zero-order chi connectivity index (χ0) is 16.7. The fourth-order valence-electron chi connectivity index (χ4n) is 1.90. The third kappa shape index (κ3) is 6.49. The van der Waals surface area contributed by atoms with Crippen LogP contribution in [-0.2, 0) is 9.59 Å². The molecule has 1 aromatic carbocycles. The van der Waals surface area contributed by atoms with E-state index in [4.69, 9.17) is 0 Å². The number of nitrogens with zero attached hydrogens (tertiary/aromatic N) is 1. The highest BCUT2D eigenvalue weighted by Gasteiger charge is 2.11. The van der Waals surface area contributed by atoms with Crippen molar-refractivity contribution in [1.29, 1.82) is 0 Å². The smallest absolute Gasteiger partial charge is 0.238 e. The Kier molecular flexibility index (Phi) is 6.72. The number of hydrogen-bond donors (Lipinski definition) is 2. The highest BCUT2D eigenvalue weighted by Crippen LogP contribution is 2.09. The molecule has 0 aliphatic carbocycles. The molecule has 1 rings (SSSR count). The second kappa shape index (κ2) is 8.29. The van der Waals surface area contributed by atoms with Gasteiger partial charge in [0, 0.05) is 17.3 Å². The van der Waals surface area contributed by atoms with Crippen LogP contribution in [0.25, 0.3) is 0 Å². The standard InChI is InChI=1S/C16H23N3O3/c1-11(2)17-15(21)9-19(4)10-16(22)18-14-7-5-13(6-8-14)12(3)20/h5-8,11H,9-10H2,1-4H3,(H,17,21)(H,18,22). The number of benzene rings is 1. The normalized spacial score (nSPS) is 10.6. The lowest BCUT2D eigenvalue weighted by Gasteiger charge is -2.17. The van der Waals surface area contributed by atoms with Gasteiger partial charge in [-0.3, -0.25) is 19.3 Å². The zero-order valence-electron chi connectivity index (χ0n) is 13.5. The molecule has 22 heavy (non-hydrogen) atoms. The van der Waals surface area contributed by atoms with Crippen molar-refractivity contribution in [2.24, 2.45) is 0 Å². The van der Waals surface area contributed by atoms with Gasteiger partial charge in [0.25, 0.3) is 0 Å². The first-order valence-corrected chi connectivity index (χ1v) is 7.16. The van der Waals surface area contributed by atoms with Crippen molar-refractivity contribution >= 4 is 23.3 Å². The third-order valence-electron chi connectivity index (χ3n) is 2.85. The summed E-state index contributed by atoms with van der Waals surface area (Å²) in [6.07, 6.45) is 0. The molecule has 0 aliphatic heterocycles. The van der Waals surface area contributed by atoms with Crippen LogP contribution in [0.2, 0.25) is 0 Å². The predicted octanol–water partition coefficient (Wildman–Crippen LogP) is 1.28. The number of Topliss-reactive ketones (excluding diaryl/α,β-unsaturated/α-hetero) is 1. The molecule has 6 nitrogen and oxygen atoms in total. The minimum Gasteiger partial charge on any atom is -0.353 e. The van der Waals surface area contributed by atoms with Crippen molar-refractivity contribution in [3.8, 4) is 0 Å².